The lowest BCUT2D eigenvalue weighted by molar-refractivity contribution is -0.130. The Hall–Kier alpha value is -3.81. The van der Waals surface area contributed by atoms with Crippen LogP contribution >= 0.6 is 0 Å². The van der Waals surface area contributed by atoms with Gasteiger partial charge in [-0.15, -0.1) is 0 Å². The zero-order valence-corrected chi connectivity index (χ0v) is 23.1. The lowest BCUT2D eigenvalue weighted by atomic mass is 10.1. The Morgan fingerprint density at radius 2 is 1.77 bits per heavy atom. The van der Waals surface area contributed by atoms with Crippen molar-refractivity contribution in [3.8, 4) is 5.69 Å². The summed E-state index contributed by atoms with van der Waals surface area (Å²) in [5, 5.41) is 5.72. The lowest BCUT2D eigenvalue weighted by Crippen LogP contribution is -2.35. The predicted octanol–water partition coefficient (Wildman–Crippen LogP) is 5.84. The Kier molecular flexibility index (Phi) is 8.19. The van der Waals surface area contributed by atoms with Crippen molar-refractivity contribution in [1.29, 1.82) is 0 Å². The van der Waals surface area contributed by atoms with Crippen LogP contribution in [0.1, 0.15) is 62.5 Å². The van der Waals surface area contributed by atoms with Crippen molar-refractivity contribution in [1.82, 2.24) is 24.6 Å². The van der Waals surface area contributed by atoms with E-state index in [1.165, 1.54) is 17.7 Å². The summed E-state index contributed by atoms with van der Waals surface area (Å²) in [6, 6.07) is 16.5. The number of aromatic nitrogens is 4. The molecule has 1 unspecified atom stereocenters. The highest BCUT2D eigenvalue weighted by Gasteiger charge is 2.26. The van der Waals surface area contributed by atoms with Gasteiger partial charge in [0.05, 0.1) is 16.8 Å². The first kappa shape index (κ1) is 26.8. The van der Waals surface area contributed by atoms with Gasteiger partial charge in [0, 0.05) is 38.5 Å². The molecule has 5 rings (SSSR count). The second kappa shape index (κ2) is 11.9. The standard InChI is InChI=1S/C31H37FN6O/c1-4-9-22(2)29-33-30(28-23(3)35-38(31(28)34-29)26-15-13-25(32)14-16-26)37-19-8-18-36(20-21-37)27(39)17-12-24-10-6-5-7-11-24/h5-7,10-11,13-16,22H,4,8-9,12,17-21H2,1-3H3. The molecular weight excluding hydrogens is 491 g/mol. The highest BCUT2D eigenvalue weighted by atomic mass is 19.1. The molecule has 39 heavy (non-hydrogen) atoms. The van der Waals surface area contributed by atoms with Crippen LogP contribution in [0.3, 0.4) is 0 Å². The van der Waals surface area contributed by atoms with Crippen LogP contribution in [0, 0.1) is 12.7 Å². The van der Waals surface area contributed by atoms with Crippen molar-refractivity contribution in [2.45, 2.75) is 58.8 Å². The first-order valence-electron chi connectivity index (χ1n) is 14.0. The van der Waals surface area contributed by atoms with Gasteiger partial charge >= 0.3 is 0 Å². The molecule has 0 N–H and O–H groups in total. The van der Waals surface area contributed by atoms with Gasteiger partial charge in [0.2, 0.25) is 5.91 Å². The Labute approximate surface area is 229 Å². The summed E-state index contributed by atoms with van der Waals surface area (Å²) < 4.78 is 15.5. The van der Waals surface area contributed by atoms with E-state index in [0.717, 1.165) is 72.8 Å². The van der Waals surface area contributed by atoms with E-state index in [9.17, 15) is 9.18 Å². The highest BCUT2D eigenvalue weighted by molar-refractivity contribution is 5.91. The van der Waals surface area contributed by atoms with Crippen molar-refractivity contribution >= 4 is 22.8 Å². The molecule has 0 saturated carbocycles. The Morgan fingerprint density at radius 3 is 2.51 bits per heavy atom. The van der Waals surface area contributed by atoms with Crippen LogP contribution in [0.2, 0.25) is 0 Å². The molecular formula is C31H37FN6O. The minimum atomic E-state index is -0.285. The van der Waals surface area contributed by atoms with Gasteiger partial charge in [-0.1, -0.05) is 50.6 Å². The van der Waals surface area contributed by atoms with Gasteiger partial charge in [0.15, 0.2) is 5.65 Å². The van der Waals surface area contributed by atoms with Crippen molar-refractivity contribution in [3.63, 3.8) is 0 Å². The third-order valence-electron chi connectivity index (χ3n) is 7.55. The molecule has 0 aliphatic carbocycles. The fraction of sp³-hybridized carbons (Fsp3) is 0.419. The largest absolute Gasteiger partial charge is 0.354 e. The number of hydrogen-bond acceptors (Lipinski definition) is 5. The number of nitrogens with zero attached hydrogens (tertiary/aromatic N) is 6. The maximum absolute atomic E-state index is 13.7. The van der Waals surface area contributed by atoms with Crippen LogP contribution in [0.4, 0.5) is 10.2 Å². The van der Waals surface area contributed by atoms with E-state index in [1.807, 2.05) is 30.0 Å². The summed E-state index contributed by atoms with van der Waals surface area (Å²) in [6.07, 6.45) is 4.17. The molecule has 3 heterocycles. The quantitative estimate of drug-likeness (QED) is 0.288. The van der Waals surface area contributed by atoms with Gasteiger partial charge in [-0.25, -0.2) is 19.0 Å². The number of rotatable bonds is 8. The van der Waals surface area contributed by atoms with Crippen LogP contribution in [0.25, 0.3) is 16.7 Å². The van der Waals surface area contributed by atoms with Crippen LogP contribution in [0.15, 0.2) is 54.6 Å². The zero-order valence-electron chi connectivity index (χ0n) is 23.1. The normalized spacial score (nSPS) is 15.0. The van der Waals surface area contributed by atoms with Crippen LogP contribution in [-0.4, -0.2) is 56.7 Å². The maximum Gasteiger partial charge on any atom is 0.222 e. The average molecular weight is 529 g/mol. The molecule has 1 aliphatic heterocycles. The van der Waals surface area contributed by atoms with Crippen LogP contribution in [0.5, 0.6) is 0 Å². The van der Waals surface area contributed by atoms with E-state index >= 15 is 0 Å². The number of halogens is 1. The molecule has 1 amide bonds. The Morgan fingerprint density at radius 1 is 1.00 bits per heavy atom. The predicted molar refractivity (Wildman–Crippen MR) is 153 cm³/mol. The smallest absolute Gasteiger partial charge is 0.222 e. The van der Waals surface area contributed by atoms with Crippen LogP contribution < -0.4 is 4.90 Å². The molecule has 0 spiro atoms. The number of hydrogen-bond donors (Lipinski definition) is 0. The molecule has 4 aromatic rings. The molecule has 8 heteroatoms. The first-order valence-corrected chi connectivity index (χ1v) is 14.0. The van der Waals surface area contributed by atoms with Gasteiger partial charge < -0.3 is 9.80 Å². The number of carbonyl (C=O) groups excluding carboxylic acids is 1. The molecule has 204 valence electrons. The SMILES string of the molecule is CCCC(C)c1nc(N2CCCN(C(=O)CCc3ccccc3)CC2)c2c(C)nn(-c3ccc(F)cc3)c2n1. The highest BCUT2D eigenvalue weighted by Crippen LogP contribution is 2.32. The zero-order chi connectivity index (χ0) is 27.4. The molecule has 7 nitrogen and oxygen atoms in total. The van der Waals surface area contributed by atoms with Gasteiger partial charge in [-0.05, 0) is 56.0 Å². The van der Waals surface area contributed by atoms with Crippen molar-refractivity contribution in [3.05, 3.63) is 77.5 Å². The number of fused-ring (bicyclic) bond motifs is 1. The molecule has 2 aromatic carbocycles. The van der Waals surface area contributed by atoms with Gasteiger partial charge in [0.25, 0.3) is 0 Å². The summed E-state index contributed by atoms with van der Waals surface area (Å²) in [5.41, 5.74) is 3.52. The van der Waals surface area contributed by atoms with Crippen molar-refractivity contribution in [2.24, 2.45) is 0 Å². The molecule has 1 saturated heterocycles. The molecule has 1 aliphatic rings. The van der Waals surface area contributed by atoms with E-state index in [1.54, 1.807) is 16.8 Å². The monoisotopic (exact) mass is 528 g/mol. The van der Waals surface area contributed by atoms with E-state index in [0.29, 0.717) is 19.5 Å². The minimum absolute atomic E-state index is 0.193. The van der Waals surface area contributed by atoms with E-state index < -0.39 is 0 Å². The van der Waals surface area contributed by atoms with E-state index in [4.69, 9.17) is 15.1 Å². The number of amides is 1. The summed E-state index contributed by atoms with van der Waals surface area (Å²) in [7, 11) is 0. The number of anilines is 1. The van der Waals surface area contributed by atoms with Crippen LogP contribution in [-0.2, 0) is 11.2 Å². The lowest BCUT2D eigenvalue weighted by Gasteiger charge is -2.24. The summed E-state index contributed by atoms with van der Waals surface area (Å²) in [6.45, 7) is 9.21. The Bertz CT molecular complexity index is 1420. The Balaban J connectivity index is 1.44. The summed E-state index contributed by atoms with van der Waals surface area (Å²) in [5.74, 6) is 1.78. The van der Waals surface area contributed by atoms with E-state index in [-0.39, 0.29) is 17.6 Å². The number of carbonyl (C=O) groups is 1. The average Bonchev–Trinajstić information content (AvgIpc) is 3.11. The molecule has 1 atom stereocenters. The third-order valence-corrected chi connectivity index (χ3v) is 7.55. The topological polar surface area (TPSA) is 67.2 Å². The number of aryl methyl sites for hydroxylation is 2. The van der Waals surface area contributed by atoms with Crippen molar-refractivity contribution < 1.29 is 9.18 Å². The van der Waals surface area contributed by atoms with Gasteiger partial charge in [0.1, 0.15) is 17.5 Å². The molecule has 0 bridgehead atoms. The second-order valence-corrected chi connectivity index (χ2v) is 10.5. The summed E-state index contributed by atoms with van der Waals surface area (Å²) >= 11 is 0. The third kappa shape index (κ3) is 5.95. The summed E-state index contributed by atoms with van der Waals surface area (Å²) in [4.78, 5) is 27.5. The number of benzene rings is 2. The molecule has 2 aromatic heterocycles. The minimum Gasteiger partial charge on any atom is -0.354 e. The van der Waals surface area contributed by atoms with E-state index in [2.05, 4.69) is 30.9 Å². The van der Waals surface area contributed by atoms with Gasteiger partial charge in [-0.3, -0.25) is 4.79 Å². The first-order chi connectivity index (χ1) is 18.9. The molecule has 0 radical (unpaired) electrons. The van der Waals surface area contributed by atoms with Crippen molar-refractivity contribution in [2.75, 3.05) is 31.1 Å². The second-order valence-electron chi connectivity index (χ2n) is 10.5. The maximum atomic E-state index is 13.7. The van der Waals surface area contributed by atoms with Gasteiger partial charge in [-0.2, -0.15) is 5.10 Å². The fourth-order valence-electron chi connectivity index (χ4n) is 5.38. The molecule has 1 fully saturated rings. The fourth-order valence-corrected chi connectivity index (χ4v) is 5.38.